The lowest BCUT2D eigenvalue weighted by molar-refractivity contribution is -0.144. The van der Waals surface area contributed by atoms with E-state index < -0.39 is 11.5 Å². The number of amides is 2. The summed E-state index contributed by atoms with van der Waals surface area (Å²) in [6, 6.07) is 3.66. The molecule has 0 aliphatic rings. The Morgan fingerprint density at radius 3 is 2.50 bits per heavy atom. The third kappa shape index (κ3) is 3.96. The normalized spacial score (nSPS) is 11.2. The van der Waals surface area contributed by atoms with Gasteiger partial charge in [0, 0.05) is 18.5 Å². The molecule has 0 saturated carbocycles. The molecule has 0 bridgehead atoms. The van der Waals surface area contributed by atoms with Crippen LogP contribution in [-0.2, 0) is 11.2 Å². The van der Waals surface area contributed by atoms with Crippen molar-refractivity contribution < 1.29 is 14.7 Å². The molecule has 1 heterocycles. The highest BCUT2D eigenvalue weighted by molar-refractivity contribution is 7.09. The lowest BCUT2D eigenvalue weighted by Crippen LogP contribution is -2.56. The topological polar surface area (TPSA) is 69.6 Å². The number of thiophene rings is 1. The molecular formula is C14H22N2O3S. The Morgan fingerprint density at radius 2 is 2.05 bits per heavy atom. The fraction of sp³-hybridized carbons (Fsp3) is 0.571. The van der Waals surface area contributed by atoms with E-state index >= 15 is 0 Å². The van der Waals surface area contributed by atoms with Gasteiger partial charge in [-0.2, -0.15) is 0 Å². The van der Waals surface area contributed by atoms with E-state index in [0.29, 0.717) is 19.4 Å². The highest BCUT2D eigenvalue weighted by Crippen LogP contribution is 2.16. The first-order valence-corrected chi connectivity index (χ1v) is 7.62. The van der Waals surface area contributed by atoms with Crippen molar-refractivity contribution in [1.29, 1.82) is 0 Å². The maximum atomic E-state index is 12.1. The first-order chi connectivity index (χ1) is 9.45. The van der Waals surface area contributed by atoms with Gasteiger partial charge in [0.05, 0.1) is 0 Å². The van der Waals surface area contributed by atoms with Gasteiger partial charge in [0.25, 0.3) is 0 Å². The maximum absolute atomic E-state index is 12.1. The number of carboxylic acid groups (broad SMARTS) is 1. The second-order valence-corrected chi connectivity index (χ2v) is 5.81. The van der Waals surface area contributed by atoms with E-state index in [-0.39, 0.29) is 6.03 Å². The Morgan fingerprint density at radius 1 is 1.40 bits per heavy atom. The molecule has 0 unspecified atom stereocenters. The van der Waals surface area contributed by atoms with Crippen LogP contribution in [0.1, 0.15) is 31.6 Å². The zero-order chi connectivity index (χ0) is 15.2. The van der Waals surface area contributed by atoms with Crippen molar-refractivity contribution in [1.82, 2.24) is 10.2 Å². The summed E-state index contributed by atoms with van der Waals surface area (Å²) in [4.78, 5) is 26.2. The molecule has 0 fully saturated rings. The molecule has 0 aromatic carbocycles. The molecule has 0 aliphatic carbocycles. The molecule has 0 aliphatic heterocycles. The number of carboxylic acids is 1. The van der Waals surface area contributed by atoms with Gasteiger partial charge in [-0.05, 0) is 30.7 Å². The first-order valence-electron chi connectivity index (χ1n) is 6.74. The van der Waals surface area contributed by atoms with Gasteiger partial charge in [0.15, 0.2) is 0 Å². The van der Waals surface area contributed by atoms with Crippen molar-refractivity contribution in [3.63, 3.8) is 0 Å². The molecule has 5 nitrogen and oxygen atoms in total. The Labute approximate surface area is 123 Å². The standard InChI is InChI=1S/C14H22N2O3S/c1-4-14(5-2,12(17)18)15-13(19)16(3)9-8-11-7-6-10-20-11/h6-7,10H,4-5,8-9H2,1-3H3,(H,15,19)(H,17,18). The third-order valence-electron chi connectivity index (χ3n) is 3.58. The van der Waals surface area contributed by atoms with E-state index in [4.69, 9.17) is 0 Å². The number of nitrogens with zero attached hydrogens (tertiary/aromatic N) is 1. The minimum absolute atomic E-state index is 0.340. The molecule has 0 spiro atoms. The lowest BCUT2D eigenvalue weighted by Gasteiger charge is -2.30. The van der Waals surface area contributed by atoms with Gasteiger partial charge in [0.2, 0.25) is 0 Å². The highest BCUT2D eigenvalue weighted by Gasteiger charge is 2.37. The quantitative estimate of drug-likeness (QED) is 0.813. The van der Waals surface area contributed by atoms with E-state index in [1.165, 1.54) is 9.78 Å². The average molecular weight is 298 g/mol. The molecular weight excluding hydrogens is 276 g/mol. The molecule has 1 aromatic rings. The van der Waals surface area contributed by atoms with Crippen LogP contribution >= 0.6 is 11.3 Å². The van der Waals surface area contributed by atoms with Crippen molar-refractivity contribution in [2.75, 3.05) is 13.6 Å². The summed E-state index contributed by atoms with van der Waals surface area (Å²) in [7, 11) is 1.68. The van der Waals surface area contributed by atoms with Gasteiger partial charge in [0.1, 0.15) is 5.54 Å². The summed E-state index contributed by atoms with van der Waals surface area (Å²) in [5, 5.41) is 14.0. The van der Waals surface area contributed by atoms with Crippen molar-refractivity contribution in [2.45, 2.75) is 38.6 Å². The predicted molar refractivity (Wildman–Crippen MR) is 80.1 cm³/mol. The fourth-order valence-electron chi connectivity index (χ4n) is 1.92. The van der Waals surface area contributed by atoms with Crippen LogP contribution < -0.4 is 5.32 Å². The fourth-order valence-corrected chi connectivity index (χ4v) is 2.62. The summed E-state index contributed by atoms with van der Waals surface area (Å²) in [6.07, 6.45) is 1.51. The van der Waals surface area contributed by atoms with Gasteiger partial charge in [-0.3, -0.25) is 0 Å². The molecule has 0 atom stereocenters. The van der Waals surface area contributed by atoms with Crippen molar-refractivity contribution in [2.24, 2.45) is 0 Å². The van der Waals surface area contributed by atoms with Crippen LogP contribution in [0.3, 0.4) is 0 Å². The number of nitrogens with one attached hydrogen (secondary N) is 1. The van der Waals surface area contributed by atoms with Crippen LogP contribution in [-0.4, -0.2) is 41.1 Å². The number of hydrogen-bond donors (Lipinski definition) is 2. The molecule has 1 rings (SSSR count). The van der Waals surface area contributed by atoms with Crippen LogP contribution in [0, 0.1) is 0 Å². The van der Waals surface area contributed by atoms with Crippen LogP contribution in [0.2, 0.25) is 0 Å². The van der Waals surface area contributed by atoms with Crippen molar-refractivity contribution in [3.8, 4) is 0 Å². The van der Waals surface area contributed by atoms with E-state index in [1.54, 1.807) is 32.2 Å². The number of rotatable bonds is 7. The van der Waals surface area contributed by atoms with E-state index in [9.17, 15) is 14.7 Å². The highest BCUT2D eigenvalue weighted by atomic mass is 32.1. The van der Waals surface area contributed by atoms with Crippen LogP contribution in [0.15, 0.2) is 17.5 Å². The zero-order valence-corrected chi connectivity index (χ0v) is 13.0. The SMILES string of the molecule is CCC(CC)(NC(=O)N(C)CCc1cccs1)C(=O)O. The molecule has 2 N–H and O–H groups in total. The largest absolute Gasteiger partial charge is 0.480 e. The van der Waals surface area contributed by atoms with Gasteiger partial charge >= 0.3 is 12.0 Å². The van der Waals surface area contributed by atoms with E-state index in [1.807, 2.05) is 17.5 Å². The molecule has 1 aromatic heterocycles. The molecule has 2 amide bonds. The van der Waals surface area contributed by atoms with Crippen molar-refractivity contribution >= 4 is 23.3 Å². The molecule has 0 saturated heterocycles. The van der Waals surface area contributed by atoms with Gasteiger partial charge in [-0.15, -0.1) is 11.3 Å². The van der Waals surface area contributed by atoms with Crippen LogP contribution in [0.5, 0.6) is 0 Å². The molecule has 0 radical (unpaired) electrons. The van der Waals surface area contributed by atoms with E-state index in [0.717, 1.165) is 6.42 Å². The second kappa shape index (κ2) is 7.28. The predicted octanol–water partition coefficient (Wildman–Crippen LogP) is 2.58. The first kappa shape index (κ1) is 16.5. The lowest BCUT2D eigenvalue weighted by atomic mass is 9.93. The minimum atomic E-state index is -1.17. The molecule has 112 valence electrons. The number of likely N-dealkylation sites (N-methyl/N-ethyl adjacent to an activating group) is 1. The van der Waals surface area contributed by atoms with Gasteiger partial charge in [-0.1, -0.05) is 19.9 Å². The van der Waals surface area contributed by atoms with Gasteiger partial charge < -0.3 is 15.3 Å². The summed E-state index contributed by atoms with van der Waals surface area (Å²) < 4.78 is 0. The number of carbonyl (C=O) groups excluding carboxylic acids is 1. The summed E-state index contributed by atoms with van der Waals surface area (Å²) in [5.74, 6) is -0.984. The summed E-state index contributed by atoms with van der Waals surface area (Å²) >= 11 is 1.65. The Bertz CT molecular complexity index is 441. The number of carbonyl (C=O) groups is 2. The number of hydrogen-bond acceptors (Lipinski definition) is 3. The van der Waals surface area contributed by atoms with Crippen molar-refractivity contribution in [3.05, 3.63) is 22.4 Å². The zero-order valence-electron chi connectivity index (χ0n) is 12.2. The van der Waals surface area contributed by atoms with Crippen LogP contribution in [0.25, 0.3) is 0 Å². The van der Waals surface area contributed by atoms with Crippen LogP contribution in [0.4, 0.5) is 4.79 Å². The third-order valence-corrected chi connectivity index (χ3v) is 4.52. The number of aliphatic carboxylic acids is 1. The second-order valence-electron chi connectivity index (χ2n) is 4.78. The summed E-state index contributed by atoms with van der Waals surface area (Å²) in [6.45, 7) is 4.10. The summed E-state index contributed by atoms with van der Waals surface area (Å²) in [5.41, 5.74) is -1.17. The molecule has 6 heteroatoms. The number of urea groups is 1. The van der Waals surface area contributed by atoms with Gasteiger partial charge in [-0.25, -0.2) is 9.59 Å². The Balaban J connectivity index is 2.57. The smallest absolute Gasteiger partial charge is 0.329 e. The average Bonchev–Trinajstić information content (AvgIpc) is 2.94. The van der Waals surface area contributed by atoms with E-state index in [2.05, 4.69) is 5.32 Å². The Hall–Kier alpha value is -1.56. The minimum Gasteiger partial charge on any atom is -0.480 e. The maximum Gasteiger partial charge on any atom is 0.329 e. The molecule has 20 heavy (non-hydrogen) atoms. The monoisotopic (exact) mass is 298 g/mol. The Kier molecular flexibility index (Phi) is 6.01.